The Bertz CT molecular complexity index is 622. The van der Waals surface area contributed by atoms with E-state index in [1.54, 1.807) is 12.1 Å². The Morgan fingerprint density at radius 2 is 2.21 bits per heavy atom. The van der Waals surface area contributed by atoms with Crippen LogP contribution in [0.5, 0.6) is 5.75 Å². The molecule has 5 nitrogen and oxygen atoms in total. The summed E-state index contributed by atoms with van der Waals surface area (Å²) in [7, 11) is 0. The standard InChI is InChI=1S/C12H8ClFN2O3/c13-12-11(2-1-5-15-12)19-7-8-3-4-10(16(17)18)9(14)6-8/h1-6H,7H2. The van der Waals surface area contributed by atoms with Gasteiger partial charge in [0.2, 0.25) is 5.82 Å². The van der Waals surface area contributed by atoms with Gasteiger partial charge in [-0.15, -0.1) is 0 Å². The van der Waals surface area contributed by atoms with Crippen molar-refractivity contribution in [1.82, 2.24) is 4.98 Å². The van der Waals surface area contributed by atoms with Crippen molar-refractivity contribution in [3.05, 3.63) is 63.2 Å². The molecule has 98 valence electrons. The first-order chi connectivity index (χ1) is 9.08. The number of nitro benzene ring substituents is 1. The summed E-state index contributed by atoms with van der Waals surface area (Å²) in [5.41, 5.74) is -0.105. The molecule has 1 aromatic carbocycles. The number of pyridine rings is 1. The minimum absolute atomic E-state index is 0.0420. The zero-order chi connectivity index (χ0) is 13.8. The van der Waals surface area contributed by atoms with Crippen LogP contribution in [0.2, 0.25) is 5.15 Å². The summed E-state index contributed by atoms with van der Waals surface area (Å²) < 4.78 is 18.7. The second-order valence-corrected chi connectivity index (χ2v) is 3.98. The van der Waals surface area contributed by atoms with E-state index in [2.05, 4.69) is 4.98 Å². The molecule has 19 heavy (non-hydrogen) atoms. The number of hydrogen-bond acceptors (Lipinski definition) is 4. The van der Waals surface area contributed by atoms with Crippen molar-refractivity contribution in [3.8, 4) is 5.75 Å². The summed E-state index contributed by atoms with van der Waals surface area (Å²) in [6, 6.07) is 6.85. The van der Waals surface area contributed by atoms with Crippen LogP contribution in [0.25, 0.3) is 0 Å². The molecule has 0 fully saturated rings. The van der Waals surface area contributed by atoms with Crippen LogP contribution in [0, 0.1) is 15.9 Å². The Labute approximate surface area is 112 Å². The maximum atomic E-state index is 13.4. The summed E-state index contributed by atoms with van der Waals surface area (Å²) >= 11 is 5.79. The first-order valence-corrected chi connectivity index (χ1v) is 5.62. The lowest BCUT2D eigenvalue weighted by atomic mass is 10.2. The molecule has 2 rings (SSSR count). The van der Waals surface area contributed by atoms with Crippen LogP contribution < -0.4 is 4.74 Å². The van der Waals surface area contributed by atoms with Gasteiger partial charge in [0.15, 0.2) is 10.9 Å². The SMILES string of the molecule is O=[N+]([O-])c1ccc(COc2cccnc2Cl)cc1F. The molecule has 0 aliphatic carbocycles. The van der Waals surface area contributed by atoms with Crippen molar-refractivity contribution < 1.29 is 14.1 Å². The average Bonchev–Trinajstić information content (AvgIpc) is 2.37. The first kappa shape index (κ1) is 13.2. The molecule has 1 heterocycles. The fourth-order valence-corrected chi connectivity index (χ4v) is 1.60. The molecule has 1 aromatic heterocycles. The molecule has 0 aliphatic rings. The Morgan fingerprint density at radius 3 is 2.84 bits per heavy atom. The zero-order valence-corrected chi connectivity index (χ0v) is 10.3. The van der Waals surface area contributed by atoms with Crippen LogP contribution in [0.15, 0.2) is 36.5 Å². The summed E-state index contributed by atoms with van der Waals surface area (Å²) in [6.07, 6.45) is 1.51. The van der Waals surface area contributed by atoms with Crippen LogP contribution >= 0.6 is 11.6 Å². The van der Waals surface area contributed by atoms with Gasteiger partial charge in [0.25, 0.3) is 0 Å². The number of rotatable bonds is 4. The van der Waals surface area contributed by atoms with E-state index in [9.17, 15) is 14.5 Å². The molecule has 0 bridgehead atoms. The lowest BCUT2D eigenvalue weighted by molar-refractivity contribution is -0.387. The van der Waals surface area contributed by atoms with E-state index in [4.69, 9.17) is 16.3 Å². The topological polar surface area (TPSA) is 65.3 Å². The number of hydrogen-bond donors (Lipinski definition) is 0. The maximum Gasteiger partial charge on any atom is 0.304 e. The van der Waals surface area contributed by atoms with Crippen molar-refractivity contribution in [2.24, 2.45) is 0 Å². The zero-order valence-electron chi connectivity index (χ0n) is 9.55. The smallest absolute Gasteiger partial charge is 0.304 e. The largest absolute Gasteiger partial charge is 0.486 e. The molecule has 0 aliphatic heterocycles. The predicted octanol–water partition coefficient (Wildman–Crippen LogP) is 3.36. The Morgan fingerprint density at radius 1 is 1.42 bits per heavy atom. The molecule has 0 saturated carbocycles. The normalized spacial score (nSPS) is 10.2. The molecule has 2 aromatic rings. The third kappa shape index (κ3) is 3.17. The number of aromatic nitrogens is 1. The van der Waals surface area contributed by atoms with Crippen LogP contribution in [0.4, 0.5) is 10.1 Å². The molecule has 0 radical (unpaired) electrons. The first-order valence-electron chi connectivity index (χ1n) is 5.24. The van der Waals surface area contributed by atoms with Gasteiger partial charge in [-0.3, -0.25) is 10.1 Å². The number of ether oxygens (including phenoxy) is 1. The van der Waals surface area contributed by atoms with E-state index in [-0.39, 0.29) is 11.8 Å². The van der Waals surface area contributed by atoms with Crippen molar-refractivity contribution in [2.45, 2.75) is 6.61 Å². The highest BCUT2D eigenvalue weighted by Crippen LogP contribution is 2.23. The number of nitro groups is 1. The van der Waals surface area contributed by atoms with Gasteiger partial charge in [-0.2, -0.15) is 4.39 Å². The third-order valence-electron chi connectivity index (χ3n) is 2.33. The molecule has 0 spiro atoms. The van der Waals surface area contributed by atoms with Crippen LogP contribution in [-0.2, 0) is 6.61 Å². The van der Waals surface area contributed by atoms with Gasteiger partial charge in [0.05, 0.1) is 4.92 Å². The summed E-state index contributed by atoms with van der Waals surface area (Å²) in [4.78, 5) is 13.5. The van der Waals surface area contributed by atoms with Crippen LogP contribution in [-0.4, -0.2) is 9.91 Å². The minimum atomic E-state index is -0.900. The maximum absolute atomic E-state index is 13.4. The van der Waals surface area contributed by atoms with E-state index in [1.807, 2.05) is 0 Å². The van der Waals surface area contributed by atoms with E-state index in [1.165, 1.54) is 12.3 Å². The van der Waals surface area contributed by atoms with E-state index in [0.29, 0.717) is 11.3 Å². The van der Waals surface area contributed by atoms with Gasteiger partial charge in [-0.05, 0) is 29.8 Å². The summed E-state index contributed by atoms with van der Waals surface area (Å²) in [6.45, 7) is 0.0420. The fraction of sp³-hybridized carbons (Fsp3) is 0.0833. The molecule has 0 amide bonds. The molecule has 0 saturated heterocycles. The highest BCUT2D eigenvalue weighted by Gasteiger charge is 2.14. The Hall–Kier alpha value is -2.21. The van der Waals surface area contributed by atoms with Crippen molar-refractivity contribution in [2.75, 3.05) is 0 Å². The van der Waals surface area contributed by atoms with E-state index >= 15 is 0 Å². The average molecular weight is 283 g/mol. The lowest BCUT2D eigenvalue weighted by Gasteiger charge is -2.07. The number of halogens is 2. The van der Waals surface area contributed by atoms with Gasteiger partial charge in [-0.25, -0.2) is 4.98 Å². The molecule has 0 N–H and O–H groups in total. The Kier molecular flexibility index (Phi) is 3.91. The quantitative estimate of drug-likeness (QED) is 0.490. The Balaban J connectivity index is 2.11. The monoisotopic (exact) mass is 282 g/mol. The second kappa shape index (κ2) is 5.62. The summed E-state index contributed by atoms with van der Waals surface area (Å²) in [5.74, 6) is -0.536. The summed E-state index contributed by atoms with van der Waals surface area (Å²) in [5, 5.41) is 10.7. The third-order valence-corrected chi connectivity index (χ3v) is 2.61. The number of nitrogens with zero attached hydrogens (tertiary/aromatic N) is 2. The van der Waals surface area contributed by atoms with Crippen molar-refractivity contribution in [1.29, 1.82) is 0 Å². The molecule has 0 unspecified atom stereocenters. The van der Waals surface area contributed by atoms with Crippen molar-refractivity contribution in [3.63, 3.8) is 0 Å². The molecular formula is C12H8ClFN2O3. The van der Waals surface area contributed by atoms with Gasteiger partial charge in [0.1, 0.15) is 6.61 Å². The van der Waals surface area contributed by atoms with E-state index in [0.717, 1.165) is 12.1 Å². The highest BCUT2D eigenvalue weighted by atomic mass is 35.5. The number of benzene rings is 1. The van der Waals surface area contributed by atoms with Gasteiger partial charge in [0, 0.05) is 12.3 Å². The molecule has 0 atom stereocenters. The van der Waals surface area contributed by atoms with Gasteiger partial charge >= 0.3 is 5.69 Å². The van der Waals surface area contributed by atoms with Crippen LogP contribution in [0.1, 0.15) is 5.56 Å². The fourth-order valence-electron chi connectivity index (χ4n) is 1.43. The van der Waals surface area contributed by atoms with Gasteiger partial charge < -0.3 is 4.74 Å². The minimum Gasteiger partial charge on any atom is -0.486 e. The second-order valence-electron chi connectivity index (χ2n) is 3.62. The van der Waals surface area contributed by atoms with Crippen LogP contribution in [0.3, 0.4) is 0 Å². The van der Waals surface area contributed by atoms with Crippen molar-refractivity contribution >= 4 is 17.3 Å². The highest BCUT2D eigenvalue weighted by molar-refractivity contribution is 6.30. The molecule has 7 heteroatoms. The van der Waals surface area contributed by atoms with E-state index < -0.39 is 16.4 Å². The predicted molar refractivity (Wildman–Crippen MR) is 66.6 cm³/mol. The van der Waals surface area contributed by atoms with Gasteiger partial charge in [-0.1, -0.05) is 11.6 Å². The lowest BCUT2D eigenvalue weighted by Crippen LogP contribution is -1.99. The molecular weight excluding hydrogens is 275 g/mol.